The molecule has 1 aromatic heterocycles. The molecule has 0 atom stereocenters. The number of anilines is 1. The average molecular weight is 375 g/mol. The molecule has 148 valence electrons. The van der Waals surface area contributed by atoms with Gasteiger partial charge in [0, 0.05) is 31.4 Å². The van der Waals surface area contributed by atoms with E-state index in [-0.39, 0.29) is 23.6 Å². The minimum atomic E-state index is -0.556. The van der Waals surface area contributed by atoms with Crippen LogP contribution in [0.2, 0.25) is 0 Å². The summed E-state index contributed by atoms with van der Waals surface area (Å²) in [5.74, 6) is -0.0765. The molecule has 27 heavy (non-hydrogen) atoms. The van der Waals surface area contributed by atoms with Crippen molar-refractivity contribution >= 4 is 17.7 Å². The van der Waals surface area contributed by atoms with Crippen molar-refractivity contribution in [3.8, 4) is 0 Å². The zero-order valence-electron chi connectivity index (χ0n) is 16.6. The SMILES string of the molecule is CC(C)(C)OC(=O)N1CCC(C)(C(=O)Nc2ccc(=O)n(C3CC3)c2)CC1. The molecule has 0 unspecified atom stereocenters. The minimum Gasteiger partial charge on any atom is -0.444 e. The van der Waals surface area contributed by atoms with Crippen LogP contribution in [0.15, 0.2) is 23.1 Å². The highest BCUT2D eigenvalue weighted by Crippen LogP contribution is 2.35. The van der Waals surface area contributed by atoms with E-state index in [2.05, 4.69) is 5.32 Å². The molecule has 1 saturated heterocycles. The zero-order valence-corrected chi connectivity index (χ0v) is 16.6. The summed E-state index contributed by atoms with van der Waals surface area (Å²) in [5, 5.41) is 2.95. The van der Waals surface area contributed by atoms with E-state index in [1.54, 1.807) is 21.7 Å². The van der Waals surface area contributed by atoms with Gasteiger partial charge in [-0.1, -0.05) is 6.92 Å². The van der Waals surface area contributed by atoms with Crippen LogP contribution in [0, 0.1) is 5.41 Å². The molecule has 1 aliphatic carbocycles. The smallest absolute Gasteiger partial charge is 0.410 e. The Morgan fingerprint density at radius 1 is 1.19 bits per heavy atom. The van der Waals surface area contributed by atoms with Gasteiger partial charge in [-0.2, -0.15) is 0 Å². The topological polar surface area (TPSA) is 80.6 Å². The van der Waals surface area contributed by atoms with Crippen LogP contribution in [0.3, 0.4) is 0 Å². The number of pyridine rings is 1. The van der Waals surface area contributed by atoms with Gasteiger partial charge in [-0.05, 0) is 52.5 Å². The van der Waals surface area contributed by atoms with Crippen molar-refractivity contribution in [1.82, 2.24) is 9.47 Å². The van der Waals surface area contributed by atoms with Crippen LogP contribution in [0.25, 0.3) is 0 Å². The number of hydrogen-bond acceptors (Lipinski definition) is 4. The van der Waals surface area contributed by atoms with Crippen molar-refractivity contribution < 1.29 is 14.3 Å². The number of nitrogens with zero attached hydrogens (tertiary/aromatic N) is 2. The van der Waals surface area contributed by atoms with Crippen LogP contribution in [0.1, 0.15) is 59.4 Å². The molecule has 0 radical (unpaired) electrons. The summed E-state index contributed by atoms with van der Waals surface area (Å²) in [7, 11) is 0. The molecule has 2 heterocycles. The Balaban J connectivity index is 1.60. The van der Waals surface area contributed by atoms with E-state index >= 15 is 0 Å². The van der Waals surface area contributed by atoms with E-state index < -0.39 is 11.0 Å². The maximum absolute atomic E-state index is 12.8. The summed E-state index contributed by atoms with van der Waals surface area (Å²) in [6, 6.07) is 3.42. The van der Waals surface area contributed by atoms with Crippen molar-refractivity contribution in [1.29, 1.82) is 0 Å². The van der Waals surface area contributed by atoms with Gasteiger partial charge >= 0.3 is 6.09 Å². The first-order valence-electron chi connectivity index (χ1n) is 9.59. The lowest BCUT2D eigenvalue weighted by molar-refractivity contribution is -0.127. The number of likely N-dealkylation sites (tertiary alicyclic amines) is 1. The molecule has 1 N–H and O–H groups in total. The number of nitrogens with one attached hydrogen (secondary N) is 1. The summed E-state index contributed by atoms with van der Waals surface area (Å²) in [6.45, 7) is 8.42. The molecule has 7 heteroatoms. The fourth-order valence-corrected chi connectivity index (χ4v) is 3.23. The van der Waals surface area contributed by atoms with Crippen LogP contribution < -0.4 is 10.9 Å². The molecule has 7 nitrogen and oxygen atoms in total. The molecule has 2 aliphatic rings. The summed E-state index contributed by atoms with van der Waals surface area (Å²) in [6.07, 6.45) is 4.56. The molecule has 1 saturated carbocycles. The van der Waals surface area contributed by atoms with Crippen LogP contribution in [-0.4, -0.2) is 40.2 Å². The van der Waals surface area contributed by atoms with E-state index in [9.17, 15) is 14.4 Å². The number of hydrogen-bond donors (Lipinski definition) is 1. The predicted molar refractivity (Wildman–Crippen MR) is 103 cm³/mol. The first-order valence-corrected chi connectivity index (χ1v) is 9.59. The molecule has 1 aromatic rings. The first-order chi connectivity index (χ1) is 12.6. The normalized spacial score (nSPS) is 19.5. The van der Waals surface area contributed by atoms with Gasteiger partial charge in [-0.3, -0.25) is 9.59 Å². The highest BCUT2D eigenvalue weighted by atomic mass is 16.6. The van der Waals surface area contributed by atoms with Crippen molar-refractivity contribution in [2.24, 2.45) is 5.41 Å². The molecular weight excluding hydrogens is 346 g/mol. The third-order valence-corrected chi connectivity index (χ3v) is 5.20. The van der Waals surface area contributed by atoms with Gasteiger partial charge < -0.3 is 19.5 Å². The van der Waals surface area contributed by atoms with E-state index in [0.29, 0.717) is 31.6 Å². The average Bonchev–Trinajstić information content (AvgIpc) is 3.40. The monoisotopic (exact) mass is 375 g/mol. The van der Waals surface area contributed by atoms with Gasteiger partial charge in [-0.25, -0.2) is 4.79 Å². The second-order valence-electron chi connectivity index (χ2n) is 8.88. The Kier molecular flexibility index (Phi) is 5.06. The minimum absolute atomic E-state index is 0.0348. The van der Waals surface area contributed by atoms with Gasteiger partial charge in [-0.15, -0.1) is 0 Å². The molecular formula is C20H29N3O4. The lowest BCUT2D eigenvalue weighted by Crippen LogP contribution is -2.48. The molecule has 2 fully saturated rings. The number of amides is 2. The van der Waals surface area contributed by atoms with Gasteiger partial charge in [0.15, 0.2) is 0 Å². The maximum Gasteiger partial charge on any atom is 0.410 e. The van der Waals surface area contributed by atoms with Crippen LogP contribution >= 0.6 is 0 Å². The van der Waals surface area contributed by atoms with Crippen molar-refractivity contribution in [3.63, 3.8) is 0 Å². The van der Waals surface area contributed by atoms with E-state index in [4.69, 9.17) is 4.74 Å². The summed E-state index contributed by atoms with van der Waals surface area (Å²) in [4.78, 5) is 38.6. The lowest BCUT2D eigenvalue weighted by Gasteiger charge is -2.38. The highest BCUT2D eigenvalue weighted by molar-refractivity contribution is 5.95. The van der Waals surface area contributed by atoms with Crippen molar-refractivity contribution in [2.45, 2.75) is 65.0 Å². The van der Waals surface area contributed by atoms with Crippen LogP contribution in [0.4, 0.5) is 10.5 Å². The van der Waals surface area contributed by atoms with E-state index in [1.807, 2.05) is 27.7 Å². The molecule has 0 bridgehead atoms. The molecule has 2 amide bonds. The number of aromatic nitrogens is 1. The van der Waals surface area contributed by atoms with Crippen LogP contribution in [0.5, 0.6) is 0 Å². The van der Waals surface area contributed by atoms with Crippen LogP contribution in [-0.2, 0) is 9.53 Å². The van der Waals surface area contributed by atoms with Gasteiger partial charge in [0.1, 0.15) is 5.60 Å². The summed E-state index contributed by atoms with van der Waals surface area (Å²) in [5.41, 5.74) is -0.478. The molecule has 3 rings (SSSR count). The fraction of sp³-hybridized carbons (Fsp3) is 0.650. The number of piperidine rings is 1. The maximum atomic E-state index is 12.8. The molecule has 1 aliphatic heterocycles. The number of ether oxygens (including phenoxy) is 1. The largest absolute Gasteiger partial charge is 0.444 e. The van der Waals surface area contributed by atoms with Crippen molar-refractivity contribution in [2.75, 3.05) is 18.4 Å². The van der Waals surface area contributed by atoms with E-state index in [1.165, 1.54) is 6.07 Å². The van der Waals surface area contributed by atoms with Gasteiger partial charge in [0.2, 0.25) is 5.91 Å². The second kappa shape index (κ2) is 7.02. The Morgan fingerprint density at radius 2 is 1.81 bits per heavy atom. The fourth-order valence-electron chi connectivity index (χ4n) is 3.23. The quantitative estimate of drug-likeness (QED) is 0.880. The summed E-state index contributed by atoms with van der Waals surface area (Å²) >= 11 is 0. The molecule has 0 spiro atoms. The number of rotatable bonds is 3. The third-order valence-electron chi connectivity index (χ3n) is 5.20. The summed E-state index contributed by atoms with van der Waals surface area (Å²) < 4.78 is 7.11. The lowest BCUT2D eigenvalue weighted by atomic mass is 9.79. The van der Waals surface area contributed by atoms with Crippen molar-refractivity contribution in [3.05, 3.63) is 28.7 Å². The number of carbonyl (C=O) groups is 2. The zero-order chi connectivity index (χ0) is 19.8. The standard InChI is InChI=1S/C20H29N3O4/c1-19(2,3)27-18(26)22-11-9-20(4,10-12-22)17(25)21-14-5-8-16(24)23(13-14)15-6-7-15/h5,8,13,15H,6-7,9-12H2,1-4H3,(H,21,25). The Morgan fingerprint density at radius 3 is 2.37 bits per heavy atom. The Bertz CT molecular complexity index is 781. The van der Waals surface area contributed by atoms with Gasteiger partial charge in [0.25, 0.3) is 5.56 Å². The van der Waals surface area contributed by atoms with Gasteiger partial charge in [0.05, 0.1) is 11.1 Å². The third kappa shape index (κ3) is 4.70. The van der Waals surface area contributed by atoms with E-state index in [0.717, 1.165) is 12.8 Å². The Hall–Kier alpha value is -2.31. The Labute approximate surface area is 159 Å². The first kappa shape index (κ1) is 19.5. The predicted octanol–water partition coefficient (Wildman–Crippen LogP) is 3.16. The second-order valence-corrected chi connectivity index (χ2v) is 8.88. The highest BCUT2D eigenvalue weighted by Gasteiger charge is 2.39. The number of carbonyl (C=O) groups excluding carboxylic acids is 2. The molecule has 0 aromatic carbocycles.